The minimum Gasteiger partial charge on any atom is -0.467 e. The molecule has 0 aromatic carbocycles. The molecule has 0 aromatic rings. The Bertz CT molecular complexity index is 334. The third-order valence-electron chi connectivity index (χ3n) is 1.72. The fourth-order valence-electron chi connectivity index (χ4n) is 1.04. The molecule has 0 aliphatic rings. The molecule has 0 bridgehead atoms. The lowest BCUT2D eigenvalue weighted by Crippen LogP contribution is -2.45. The van der Waals surface area contributed by atoms with Gasteiger partial charge in [-0.3, -0.25) is 0 Å². The van der Waals surface area contributed by atoms with Crippen LogP contribution >= 0.6 is 21.6 Å². The average Bonchev–Trinajstić information content (AvgIpc) is 2.22. The van der Waals surface area contributed by atoms with Crippen LogP contribution in [0.3, 0.4) is 0 Å². The number of amides is 1. The average molecular weight is 323 g/mol. The molecule has 118 valence electrons. The van der Waals surface area contributed by atoms with Gasteiger partial charge in [0.2, 0.25) is 0 Å². The molecular weight excluding hydrogens is 298 g/mol. The molecule has 0 aliphatic heterocycles. The summed E-state index contributed by atoms with van der Waals surface area (Å²) in [6.45, 7) is 11.6. The molecule has 0 spiro atoms. The second kappa shape index (κ2) is 8.02. The van der Waals surface area contributed by atoms with Crippen LogP contribution in [-0.2, 0) is 14.3 Å². The van der Waals surface area contributed by atoms with Crippen molar-refractivity contribution in [2.24, 2.45) is 0 Å². The Morgan fingerprint density at radius 3 is 2.10 bits per heavy atom. The second-order valence-corrected chi connectivity index (χ2v) is 9.37. The third-order valence-corrected chi connectivity index (χ3v) is 5.07. The predicted octanol–water partition coefficient (Wildman–Crippen LogP) is 3.23. The minimum atomic E-state index is -0.713. The molecule has 0 heterocycles. The van der Waals surface area contributed by atoms with Crippen LogP contribution in [0.15, 0.2) is 0 Å². The first kappa shape index (κ1) is 19.4. The first-order chi connectivity index (χ1) is 8.94. The highest BCUT2D eigenvalue weighted by molar-refractivity contribution is 8.77. The molecule has 1 atom stereocenters. The van der Waals surface area contributed by atoms with Crippen LogP contribution in [-0.4, -0.2) is 41.3 Å². The van der Waals surface area contributed by atoms with Gasteiger partial charge in [-0.05, 0) is 20.8 Å². The molecule has 0 saturated heterocycles. The fraction of sp³-hybridized carbons (Fsp3) is 0.846. The van der Waals surface area contributed by atoms with Gasteiger partial charge in [0.25, 0.3) is 0 Å². The van der Waals surface area contributed by atoms with Crippen molar-refractivity contribution in [2.75, 3.05) is 12.9 Å². The molecule has 20 heavy (non-hydrogen) atoms. The summed E-state index contributed by atoms with van der Waals surface area (Å²) in [4.78, 5) is 23.3. The van der Waals surface area contributed by atoms with Crippen molar-refractivity contribution < 1.29 is 19.1 Å². The first-order valence-corrected chi connectivity index (χ1v) is 8.64. The Balaban J connectivity index is 4.43. The van der Waals surface area contributed by atoms with Crippen LogP contribution < -0.4 is 5.32 Å². The highest BCUT2D eigenvalue weighted by Crippen LogP contribution is 2.35. The van der Waals surface area contributed by atoms with E-state index < -0.39 is 23.7 Å². The summed E-state index contributed by atoms with van der Waals surface area (Å²) >= 11 is 0. The van der Waals surface area contributed by atoms with Crippen molar-refractivity contribution in [2.45, 2.75) is 57.9 Å². The predicted molar refractivity (Wildman–Crippen MR) is 85.0 cm³/mol. The smallest absolute Gasteiger partial charge is 0.408 e. The number of hydrogen-bond donors (Lipinski definition) is 1. The SMILES string of the molecule is COC(=O)[C@H](CSSC(C)(C)C)NC(=O)OC(C)(C)C. The molecule has 1 amide bonds. The standard InChI is InChI=1S/C13H25NO4S2/c1-12(2,3)18-11(16)14-9(10(15)17-7)8-19-20-13(4,5)6/h9H,8H2,1-7H3,(H,14,16)/t9-/m0/s1. The Hall–Kier alpha value is -0.560. The minimum absolute atomic E-state index is 0.0806. The molecule has 0 aliphatic carbocycles. The van der Waals surface area contributed by atoms with Crippen molar-refractivity contribution >= 4 is 33.7 Å². The van der Waals surface area contributed by atoms with Crippen LogP contribution in [0.25, 0.3) is 0 Å². The van der Waals surface area contributed by atoms with Gasteiger partial charge >= 0.3 is 12.1 Å². The summed E-state index contributed by atoms with van der Waals surface area (Å²) < 4.78 is 9.91. The van der Waals surface area contributed by atoms with Gasteiger partial charge in [-0.25, -0.2) is 9.59 Å². The molecular formula is C13H25NO4S2. The van der Waals surface area contributed by atoms with E-state index in [1.165, 1.54) is 17.9 Å². The maximum Gasteiger partial charge on any atom is 0.408 e. The van der Waals surface area contributed by atoms with Crippen LogP contribution in [0.1, 0.15) is 41.5 Å². The second-order valence-electron chi connectivity index (χ2n) is 6.20. The molecule has 0 unspecified atom stereocenters. The number of nitrogens with one attached hydrogen (secondary N) is 1. The zero-order valence-electron chi connectivity index (χ0n) is 13.2. The van der Waals surface area contributed by atoms with Crippen LogP contribution in [0.5, 0.6) is 0 Å². The summed E-state index contributed by atoms with van der Waals surface area (Å²) in [6.07, 6.45) is -0.616. The van der Waals surface area contributed by atoms with Crippen molar-refractivity contribution in [1.29, 1.82) is 0 Å². The number of methoxy groups -OCH3 is 1. The fourth-order valence-corrected chi connectivity index (χ4v) is 3.49. The van der Waals surface area contributed by atoms with Gasteiger partial charge in [0, 0.05) is 10.5 Å². The number of alkyl carbamates (subject to hydrolysis) is 1. The number of carbonyl (C=O) groups excluding carboxylic acids is 2. The van der Waals surface area contributed by atoms with Gasteiger partial charge in [0.1, 0.15) is 11.6 Å². The number of ether oxygens (including phenoxy) is 2. The highest BCUT2D eigenvalue weighted by Gasteiger charge is 2.25. The number of carbonyl (C=O) groups is 2. The van der Waals surface area contributed by atoms with E-state index in [1.807, 2.05) is 0 Å². The lowest BCUT2D eigenvalue weighted by Gasteiger charge is -2.23. The van der Waals surface area contributed by atoms with Crippen LogP contribution in [0.2, 0.25) is 0 Å². The molecule has 0 fully saturated rings. The van der Waals surface area contributed by atoms with Crippen LogP contribution in [0, 0.1) is 0 Å². The summed E-state index contributed by atoms with van der Waals surface area (Å²) in [5.41, 5.74) is -0.599. The normalized spacial score (nSPS) is 13.6. The van der Waals surface area contributed by atoms with E-state index in [2.05, 4.69) is 26.1 Å². The van der Waals surface area contributed by atoms with E-state index in [1.54, 1.807) is 31.6 Å². The zero-order chi connectivity index (χ0) is 16.0. The highest BCUT2D eigenvalue weighted by atomic mass is 33.1. The van der Waals surface area contributed by atoms with E-state index in [-0.39, 0.29) is 4.75 Å². The van der Waals surface area contributed by atoms with Crippen LogP contribution in [0.4, 0.5) is 4.79 Å². The molecule has 0 saturated carbocycles. The Morgan fingerprint density at radius 2 is 1.70 bits per heavy atom. The van der Waals surface area contributed by atoms with E-state index in [0.29, 0.717) is 5.75 Å². The maximum absolute atomic E-state index is 11.7. The summed E-state index contributed by atoms with van der Waals surface area (Å²) in [6, 6.07) is -0.713. The summed E-state index contributed by atoms with van der Waals surface area (Å²) in [5, 5.41) is 2.54. The molecule has 0 aromatic heterocycles. The van der Waals surface area contributed by atoms with Crippen molar-refractivity contribution in [1.82, 2.24) is 5.32 Å². The van der Waals surface area contributed by atoms with E-state index in [9.17, 15) is 9.59 Å². The van der Waals surface area contributed by atoms with Gasteiger partial charge in [0.15, 0.2) is 0 Å². The van der Waals surface area contributed by atoms with E-state index in [0.717, 1.165) is 0 Å². The van der Waals surface area contributed by atoms with Gasteiger partial charge in [-0.15, -0.1) is 0 Å². The Labute approximate surface area is 129 Å². The first-order valence-electron chi connectivity index (χ1n) is 6.32. The Kier molecular flexibility index (Phi) is 7.80. The third kappa shape index (κ3) is 10.3. The van der Waals surface area contributed by atoms with E-state index in [4.69, 9.17) is 9.47 Å². The number of hydrogen-bond acceptors (Lipinski definition) is 6. The monoisotopic (exact) mass is 323 g/mol. The molecule has 1 N–H and O–H groups in total. The lowest BCUT2D eigenvalue weighted by molar-refractivity contribution is -0.142. The topological polar surface area (TPSA) is 64.6 Å². The van der Waals surface area contributed by atoms with Crippen molar-refractivity contribution in [3.63, 3.8) is 0 Å². The van der Waals surface area contributed by atoms with Gasteiger partial charge in [0.05, 0.1) is 7.11 Å². The quantitative estimate of drug-likeness (QED) is 0.619. The number of esters is 1. The molecule has 7 heteroatoms. The molecule has 0 rings (SSSR count). The Morgan fingerprint density at radius 1 is 1.15 bits per heavy atom. The maximum atomic E-state index is 11.7. The van der Waals surface area contributed by atoms with Crippen molar-refractivity contribution in [3.8, 4) is 0 Å². The van der Waals surface area contributed by atoms with Gasteiger partial charge in [-0.2, -0.15) is 0 Å². The van der Waals surface area contributed by atoms with Gasteiger partial charge < -0.3 is 14.8 Å². The molecule has 0 radical (unpaired) electrons. The summed E-state index contributed by atoms with van der Waals surface area (Å²) in [5.74, 6) is -0.0497. The molecule has 5 nitrogen and oxygen atoms in total. The number of rotatable bonds is 5. The zero-order valence-corrected chi connectivity index (χ0v) is 14.9. The lowest BCUT2D eigenvalue weighted by atomic mass is 10.2. The largest absolute Gasteiger partial charge is 0.467 e. The van der Waals surface area contributed by atoms with Gasteiger partial charge in [-0.1, -0.05) is 42.4 Å². The van der Waals surface area contributed by atoms with Crippen molar-refractivity contribution in [3.05, 3.63) is 0 Å². The van der Waals surface area contributed by atoms with E-state index >= 15 is 0 Å². The summed E-state index contributed by atoms with van der Waals surface area (Å²) in [7, 11) is 4.46.